The summed E-state index contributed by atoms with van der Waals surface area (Å²) in [7, 11) is 0. The van der Waals surface area contributed by atoms with Gasteiger partial charge in [-0.3, -0.25) is 14.2 Å². The summed E-state index contributed by atoms with van der Waals surface area (Å²) >= 11 is 0. The van der Waals surface area contributed by atoms with Crippen LogP contribution in [-0.2, 0) is 11.3 Å². The Morgan fingerprint density at radius 3 is 2.50 bits per heavy atom. The lowest BCUT2D eigenvalue weighted by Crippen LogP contribution is -2.54. The molecule has 11 heteroatoms. The fourth-order valence-corrected chi connectivity index (χ4v) is 4.13. The highest BCUT2D eigenvalue weighted by Crippen LogP contribution is 2.24. The van der Waals surface area contributed by atoms with Crippen molar-refractivity contribution in [3.05, 3.63) is 82.7 Å². The first-order chi connectivity index (χ1) is 17.4. The zero-order valence-corrected chi connectivity index (χ0v) is 19.9. The van der Waals surface area contributed by atoms with Gasteiger partial charge in [-0.2, -0.15) is 5.10 Å². The molecule has 5 rings (SSSR count). The Kier molecular flexibility index (Phi) is 6.28. The Balaban J connectivity index is 1.12. The minimum Gasteiger partial charge on any atom is -0.355 e. The molecule has 36 heavy (non-hydrogen) atoms. The van der Waals surface area contributed by atoms with Crippen LogP contribution in [-0.4, -0.2) is 54.8 Å². The van der Waals surface area contributed by atoms with Gasteiger partial charge in [0, 0.05) is 49.6 Å². The molecule has 0 unspecified atom stereocenters. The molecule has 0 aliphatic carbocycles. The number of carbonyl (C=O) groups is 1. The summed E-state index contributed by atoms with van der Waals surface area (Å²) in [5, 5.41) is 7.35. The van der Waals surface area contributed by atoms with Crippen molar-refractivity contribution in [3.8, 4) is 17.1 Å². The highest BCUT2D eigenvalue weighted by molar-refractivity contribution is 5.81. The molecule has 1 amide bonds. The number of aryl methyl sites for hydroxylation is 2. The van der Waals surface area contributed by atoms with Crippen molar-refractivity contribution in [3.63, 3.8) is 0 Å². The molecular formula is C25H25FN8O2. The fourth-order valence-electron chi connectivity index (χ4n) is 4.13. The maximum Gasteiger partial charge on any atom is 0.253 e. The molecule has 0 bridgehead atoms. The van der Waals surface area contributed by atoms with E-state index in [1.807, 2.05) is 30.9 Å². The van der Waals surface area contributed by atoms with Gasteiger partial charge in [-0.1, -0.05) is 0 Å². The molecule has 0 radical (unpaired) electrons. The number of nitrogens with zero attached hydrogens (tertiary/aromatic N) is 7. The van der Waals surface area contributed by atoms with Gasteiger partial charge in [-0.05, 0) is 44.2 Å². The SMILES string of the molecule is Cc1cc(C)n(-c2cc(N3CC(C(=O)NCCn4cnc(-c5ccc(F)cc5)cc4=O)C3)ncn2)n1. The smallest absolute Gasteiger partial charge is 0.253 e. The second kappa shape index (κ2) is 9.68. The van der Waals surface area contributed by atoms with Gasteiger partial charge in [0.2, 0.25) is 5.91 Å². The highest BCUT2D eigenvalue weighted by Gasteiger charge is 2.33. The summed E-state index contributed by atoms with van der Waals surface area (Å²) in [5.41, 5.74) is 2.79. The predicted octanol–water partition coefficient (Wildman–Crippen LogP) is 1.89. The van der Waals surface area contributed by atoms with Gasteiger partial charge in [0.25, 0.3) is 5.56 Å². The van der Waals surface area contributed by atoms with Crippen molar-refractivity contribution < 1.29 is 9.18 Å². The normalized spacial score (nSPS) is 13.5. The number of nitrogens with one attached hydrogen (secondary N) is 1. The van der Waals surface area contributed by atoms with Crippen LogP contribution in [0.4, 0.5) is 10.2 Å². The number of rotatable bonds is 7. The maximum atomic E-state index is 13.1. The van der Waals surface area contributed by atoms with Crippen molar-refractivity contribution in [2.24, 2.45) is 5.92 Å². The standard InChI is InChI=1S/C25H25FN8O2/c1-16-9-17(2)34(31-16)23-11-22(28-14-29-23)33-12-19(13-33)25(36)27-7-8-32-15-30-21(10-24(32)35)18-3-5-20(26)6-4-18/h3-6,9-11,14-15,19H,7-8,12-13H2,1-2H3,(H,27,36). The van der Waals surface area contributed by atoms with E-state index in [9.17, 15) is 14.0 Å². The molecule has 1 aliphatic rings. The van der Waals surface area contributed by atoms with Gasteiger partial charge in [-0.15, -0.1) is 0 Å². The van der Waals surface area contributed by atoms with E-state index in [1.54, 1.807) is 16.8 Å². The van der Waals surface area contributed by atoms with E-state index in [0.717, 1.165) is 17.2 Å². The third-order valence-electron chi connectivity index (χ3n) is 6.11. The molecule has 0 spiro atoms. The van der Waals surface area contributed by atoms with Crippen LogP contribution in [0, 0.1) is 25.6 Å². The zero-order chi connectivity index (χ0) is 25.2. The van der Waals surface area contributed by atoms with E-state index in [1.165, 1.54) is 35.4 Å². The number of aromatic nitrogens is 6. The second-order valence-corrected chi connectivity index (χ2v) is 8.78. The molecule has 1 N–H and O–H groups in total. The van der Waals surface area contributed by atoms with Gasteiger partial charge in [0.05, 0.1) is 23.6 Å². The number of amides is 1. The molecule has 0 saturated carbocycles. The Labute approximate surface area is 206 Å². The lowest BCUT2D eigenvalue weighted by molar-refractivity contribution is -0.125. The lowest BCUT2D eigenvalue weighted by atomic mass is 9.99. The molecular weight excluding hydrogens is 463 g/mol. The third-order valence-corrected chi connectivity index (χ3v) is 6.11. The minimum absolute atomic E-state index is 0.0667. The molecule has 1 saturated heterocycles. The van der Waals surface area contributed by atoms with E-state index in [-0.39, 0.29) is 23.2 Å². The van der Waals surface area contributed by atoms with Crippen LogP contribution in [0.5, 0.6) is 0 Å². The molecule has 4 heterocycles. The van der Waals surface area contributed by atoms with E-state index in [2.05, 4.69) is 25.4 Å². The number of hydrogen-bond acceptors (Lipinski definition) is 7. The molecule has 0 atom stereocenters. The van der Waals surface area contributed by atoms with Crippen LogP contribution >= 0.6 is 0 Å². The Morgan fingerprint density at radius 1 is 1.06 bits per heavy atom. The van der Waals surface area contributed by atoms with Crippen LogP contribution in [0.3, 0.4) is 0 Å². The van der Waals surface area contributed by atoms with Crippen LogP contribution in [0.2, 0.25) is 0 Å². The number of anilines is 1. The summed E-state index contributed by atoms with van der Waals surface area (Å²) in [6.07, 6.45) is 2.94. The Morgan fingerprint density at radius 2 is 1.81 bits per heavy atom. The van der Waals surface area contributed by atoms with Gasteiger partial charge in [0.15, 0.2) is 5.82 Å². The first-order valence-corrected chi connectivity index (χ1v) is 11.6. The predicted molar refractivity (Wildman–Crippen MR) is 131 cm³/mol. The Bertz CT molecular complexity index is 1460. The quantitative estimate of drug-likeness (QED) is 0.423. The van der Waals surface area contributed by atoms with Gasteiger partial charge >= 0.3 is 0 Å². The Hall–Kier alpha value is -4.41. The summed E-state index contributed by atoms with van der Waals surface area (Å²) in [4.78, 5) is 39.9. The minimum atomic E-state index is -0.349. The number of carbonyl (C=O) groups excluding carboxylic acids is 1. The largest absolute Gasteiger partial charge is 0.355 e. The molecule has 3 aromatic heterocycles. The molecule has 1 aliphatic heterocycles. The molecule has 1 aromatic carbocycles. The van der Waals surface area contributed by atoms with Crippen molar-refractivity contribution >= 4 is 11.7 Å². The topological polar surface area (TPSA) is 111 Å². The molecule has 10 nitrogen and oxygen atoms in total. The second-order valence-electron chi connectivity index (χ2n) is 8.78. The molecule has 184 valence electrons. The van der Waals surface area contributed by atoms with E-state index >= 15 is 0 Å². The molecule has 1 fully saturated rings. The number of benzene rings is 1. The lowest BCUT2D eigenvalue weighted by Gasteiger charge is -2.39. The average Bonchev–Trinajstić information content (AvgIpc) is 3.17. The van der Waals surface area contributed by atoms with Gasteiger partial charge < -0.3 is 10.2 Å². The van der Waals surface area contributed by atoms with E-state index < -0.39 is 0 Å². The first kappa shape index (κ1) is 23.3. The zero-order valence-electron chi connectivity index (χ0n) is 19.9. The van der Waals surface area contributed by atoms with E-state index in [4.69, 9.17) is 0 Å². The summed E-state index contributed by atoms with van der Waals surface area (Å²) in [6.45, 7) is 5.61. The van der Waals surface area contributed by atoms with Crippen LogP contribution in [0.15, 0.2) is 59.9 Å². The fraction of sp³-hybridized carbons (Fsp3) is 0.280. The summed E-state index contributed by atoms with van der Waals surface area (Å²) in [6, 6.07) is 11.0. The van der Waals surface area contributed by atoms with Crippen LogP contribution in [0.1, 0.15) is 11.4 Å². The maximum absolute atomic E-state index is 13.1. The summed E-state index contributed by atoms with van der Waals surface area (Å²) < 4.78 is 16.3. The van der Waals surface area contributed by atoms with E-state index in [0.29, 0.717) is 43.3 Å². The number of hydrogen-bond donors (Lipinski definition) is 1. The number of halogens is 1. The van der Waals surface area contributed by atoms with Crippen molar-refractivity contribution in [2.45, 2.75) is 20.4 Å². The molecule has 4 aromatic rings. The van der Waals surface area contributed by atoms with Gasteiger partial charge in [0.1, 0.15) is 18.0 Å². The summed E-state index contributed by atoms with van der Waals surface area (Å²) in [5.74, 6) is 0.855. The monoisotopic (exact) mass is 488 g/mol. The van der Waals surface area contributed by atoms with Crippen molar-refractivity contribution in [1.29, 1.82) is 0 Å². The third kappa shape index (κ3) is 4.85. The van der Waals surface area contributed by atoms with Crippen LogP contribution in [0.25, 0.3) is 17.1 Å². The van der Waals surface area contributed by atoms with Crippen molar-refractivity contribution in [2.75, 3.05) is 24.5 Å². The van der Waals surface area contributed by atoms with Gasteiger partial charge in [-0.25, -0.2) is 24.0 Å². The van der Waals surface area contributed by atoms with Crippen LogP contribution < -0.4 is 15.8 Å². The van der Waals surface area contributed by atoms with Crippen molar-refractivity contribution in [1.82, 2.24) is 34.6 Å². The average molecular weight is 489 g/mol. The highest BCUT2D eigenvalue weighted by atomic mass is 19.1. The first-order valence-electron chi connectivity index (χ1n) is 11.6.